The van der Waals surface area contributed by atoms with Crippen molar-refractivity contribution in [2.45, 2.75) is 13.0 Å². The normalized spacial score (nSPS) is 17.2. The van der Waals surface area contributed by atoms with Crippen molar-refractivity contribution >= 4 is 23.3 Å². The van der Waals surface area contributed by atoms with E-state index in [0.717, 1.165) is 30.2 Å². The predicted octanol–water partition coefficient (Wildman–Crippen LogP) is 2.30. The van der Waals surface area contributed by atoms with Gasteiger partial charge in [0.05, 0.1) is 30.5 Å². The lowest BCUT2D eigenvalue weighted by Gasteiger charge is -2.33. The molecule has 0 bridgehead atoms. The number of rotatable bonds is 2. The van der Waals surface area contributed by atoms with E-state index in [-0.39, 0.29) is 10.9 Å². The fourth-order valence-electron chi connectivity index (χ4n) is 3.37. The first-order valence-electron chi connectivity index (χ1n) is 8.53. The Balaban J connectivity index is 1.56. The van der Waals surface area contributed by atoms with Gasteiger partial charge in [0.15, 0.2) is 0 Å². The molecule has 0 aliphatic carbocycles. The number of ether oxygens (including phenoxy) is 1. The molecular formula is C18H18ClFN4O2. The van der Waals surface area contributed by atoms with Crippen LogP contribution < -0.4 is 4.90 Å². The number of nitrogens with zero attached hydrogens (tertiary/aromatic N) is 4. The van der Waals surface area contributed by atoms with Crippen LogP contribution in [0.25, 0.3) is 0 Å². The van der Waals surface area contributed by atoms with E-state index in [1.54, 1.807) is 11.2 Å². The molecule has 2 aromatic rings. The largest absolute Gasteiger partial charge is 0.378 e. The van der Waals surface area contributed by atoms with Crippen LogP contribution in [0, 0.1) is 5.82 Å². The number of morpholine rings is 1. The highest BCUT2D eigenvalue weighted by Crippen LogP contribution is 2.27. The second-order valence-electron chi connectivity index (χ2n) is 6.33. The summed E-state index contributed by atoms with van der Waals surface area (Å²) in [6.07, 6.45) is 2.23. The van der Waals surface area contributed by atoms with Gasteiger partial charge in [0.2, 0.25) is 0 Å². The zero-order valence-corrected chi connectivity index (χ0v) is 14.9. The number of anilines is 1. The van der Waals surface area contributed by atoms with Gasteiger partial charge in [-0.2, -0.15) is 0 Å². The van der Waals surface area contributed by atoms with Crippen LogP contribution in [0.4, 0.5) is 10.2 Å². The number of amides is 1. The molecule has 136 valence electrons. The Hall–Kier alpha value is -2.25. The molecule has 0 atom stereocenters. The van der Waals surface area contributed by atoms with Gasteiger partial charge in [0.25, 0.3) is 5.91 Å². The summed E-state index contributed by atoms with van der Waals surface area (Å²) in [5.74, 6) is 0.231. The molecule has 1 saturated heterocycles. The number of benzene rings is 1. The van der Waals surface area contributed by atoms with E-state index in [2.05, 4.69) is 14.9 Å². The molecule has 0 saturated carbocycles. The molecule has 26 heavy (non-hydrogen) atoms. The quantitative estimate of drug-likeness (QED) is 0.805. The summed E-state index contributed by atoms with van der Waals surface area (Å²) in [6.45, 7) is 3.96. The molecule has 0 radical (unpaired) electrons. The smallest absolute Gasteiger partial charge is 0.254 e. The standard InChI is InChI=1S/C18H18ClFN4O2/c19-14-9-12(1-2-15(14)20)18(25)24-4-3-13-16(10-24)21-11-22-17(13)23-5-7-26-8-6-23/h1-2,9,11H,3-8,10H2. The maximum atomic E-state index is 13.3. The number of hydrogen-bond acceptors (Lipinski definition) is 5. The zero-order chi connectivity index (χ0) is 18.1. The van der Waals surface area contributed by atoms with Gasteiger partial charge < -0.3 is 14.5 Å². The topological polar surface area (TPSA) is 58.6 Å². The van der Waals surface area contributed by atoms with Gasteiger partial charge in [0.1, 0.15) is 18.0 Å². The molecule has 4 rings (SSSR count). The zero-order valence-electron chi connectivity index (χ0n) is 14.1. The molecule has 3 heterocycles. The van der Waals surface area contributed by atoms with Crippen molar-refractivity contribution in [3.63, 3.8) is 0 Å². The average Bonchev–Trinajstić information content (AvgIpc) is 2.69. The van der Waals surface area contributed by atoms with Crippen LogP contribution >= 0.6 is 11.6 Å². The number of fused-ring (bicyclic) bond motifs is 1. The van der Waals surface area contributed by atoms with Crippen molar-refractivity contribution < 1.29 is 13.9 Å². The fourth-order valence-corrected chi connectivity index (χ4v) is 3.55. The van der Waals surface area contributed by atoms with Crippen molar-refractivity contribution in [2.75, 3.05) is 37.7 Å². The van der Waals surface area contributed by atoms with Gasteiger partial charge in [-0.15, -0.1) is 0 Å². The molecule has 6 nitrogen and oxygen atoms in total. The van der Waals surface area contributed by atoms with Gasteiger partial charge in [0, 0.05) is 30.8 Å². The van der Waals surface area contributed by atoms with E-state index in [9.17, 15) is 9.18 Å². The fraction of sp³-hybridized carbons (Fsp3) is 0.389. The summed E-state index contributed by atoms with van der Waals surface area (Å²) in [5, 5.41) is -0.0508. The molecule has 0 N–H and O–H groups in total. The van der Waals surface area contributed by atoms with Crippen LogP contribution in [0.2, 0.25) is 5.02 Å². The van der Waals surface area contributed by atoms with E-state index in [4.69, 9.17) is 16.3 Å². The molecule has 1 aromatic heterocycles. The Morgan fingerprint density at radius 1 is 1.19 bits per heavy atom. The van der Waals surface area contributed by atoms with Crippen LogP contribution in [0.15, 0.2) is 24.5 Å². The SMILES string of the molecule is O=C(c1ccc(F)c(Cl)c1)N1CCc2c(ncnc2N2CCOCC2)C1. The Labute approximate surface area is 155 Å². The predicted molar refractivity (Wildman–Crippen MR) is 94.9 cm³/mol. The second-order valence-corrected chi connectivity index (χ2v) is 6.73. The van der Waals surface area contributed by atoms with Crippen LogP contribution in [0.3, 0.4) is 0 Å². The number of carbonyl (C=O) groups is 1. The van der Waals surface area contributed by atoms with E-state index >= 15 is 0 Å². The third-order valence-electron chi connectivity index (χ3n) is 4.75. The summed E-state index contributed by atoms with van der Waals surface area (Å²) < 4.78 is 18.7. The van der Waals surface area contributed by atoms with E-state index in [1.165, 1.54) is 18.2 Å². The Bertz CT molecular complexity index is 842. The molecule has 1 amide bonds. The molecule has 2 aliphatic heterocycles. The van der Waals surface area contributed by atoms with Crippen molar-refractivity contribution in [3.8, 4) is 0 Å². The summed E-state index contributed by atoms with van der Waals surface area (Å²) in [4.78, 5) is 25.5. The summed E-state index contributed by atoms with van der Waals surface area (Å²) in [6, 6.07) is 4.04. The highest BCUT2D eigenvalue weighted by atomic mass is 35.5. The van der Waals surface area contributed by atoms with E-state index in [0.29, 0.717) is 38.3 Å². The number of carbonyl (C=O) groups excluding carboxylic acids is 1. The van der Waals surface area contributed by atoms with E-state index < -0.39 is 5.82 Å². The second kappa shape index (κ2) is 7.17. The Morgan fingerprint density at radius 2 is 2.00 bits per heavy atom. The third kappa shape index (κ3) is 3.24. The molecule has 0 unspecified atom stereocenters. The highest BCUT2D eigenvalue weighted by molar-refractivity contribution is 6.31. The number of aromatic nitrogens is 2. The molecular weight excluding hydrogens is 359 g/mol. The minimum absolute atomic E-state index is 0.0508. The van der Waals surface area contributed by atoms with E-state index in [1.807, 2.05) is 0 Å². The lowest BCUT2D eigenvalue weighted by molar-refractivity contribution is 0.0731. The average molecular weight is 377 g/mol. The molecule has 1 aromatic carbocycles. The Morgan fingerprint density at radius 3 is 2.77 bits per heavy atom. The van der Waals surface area contributed by atoms with Crippen molar-refractivity contribution in [2.24, 2.45) is 0 Å². The summed E-state index contributed by atoms with van der Waals surface area (Å²) >= 11 is 5.80. The first kappa shape index (κ1) is 17.2. The Kier molecular flexibility index (Phi) is 4.74. The molecule has 8 heteroatoms. The first-order valence-corrected chi connectivity index (χ1v) is 8.91. The monoisotopic (exact) mass is 376 g/mol. The first-order chi connectivity index (χ1) is 12.6. The lowest BCUT2D eigenvalue weighted by Crippen LogP contribution is -2.40. The maximum Gasteiger partial charge on any atom is 0.254 e. The summed E-state index contributed by atoms with van der Waals surface area (Å²) in [7, 11) is 0. The molecule has 2 aliphatic rings. The van der Waals surface area contributed by atoms with Crippen molar-refractivity contribution in [3.05, 3.63) is 52.2 Å². The van der Waals surface area contributed by atoms with Gasteiger partial charge >= 0.3 is 0 Å². The van der Waals surface area contributed by atoms with Gasteiger partial charge in [-0.1, -0.05) is 11.6 Å². The van der Waals surface area contributed by atoms with Gasteiger partial charge in [-0.25, -0.2) is 14.4 Å². The minimum Gasteiger partial charge on any atom is -0.378 e. The maximum absolute atomic E-state index is 13.3. The van der Waals surface area contributed by atoms with Crippen molar-refractivity contribution in [1.82, 2.24) is 14.9 Å². The minimum atomic E-state index is -0.532. The van der Waals surface area contributed by atoms with Crippen LogP contribution in [0.5, 0.6) is 0 Å². The number of hydrogen-bond donors (Lipinski definition) is 0. The van der Waals surface area contributed by atoms with Crippen LogP contribution in [-0.2, 0) is 17.7 Å². The van der Waals surface area contributed by atoms with Gasteiger partial charge in [-0.05, 0) is 24.6 Å². The number of halogens is 2. The van der Waals surface area contributed by atoms with Gasteiger partial charge in [-0.3, -0.25) is 4.79 Å². The third-order valence-corrected chi connectivity index (χ3v) is 5.04. The molecule has 1 fully saturated rings. The molecule has 0 spiro atoms. The highest BCUT2D eigenvalue weighted by Gasteiger charge is 2.27. The summed E-state index contributed by atoms with van der Waals surface area (Å²) in [5.41, 5.74) is 2.33. The van der Waals surface area contributed by atoms with Crippen LogP contribution in [0.1, 0.15) is 21.6 Å². The van der Waals surface area contributed by atoms with Crippen molar-refractivity contribution in [1.29, 1.82) is 0 Å². The van der Waals surface area contributed by atoms with Crippen LogP contribution in [-0.4, -0.2) is 53.6 Å². The lowest BCUT2D eigenvalue weighted by atomic mass is 10.0.